The lowest BCUT2D eigenvalue weighted by Crippen LogP contribution is -2.68. The van der Waals surface area contributed by atoms with Crippen LogP contribution in [-0.4, -0.2) is 56.2 Å². The van der Waals surface area contributed by atoms with Gasteiger partial charge in [-0.3, -0.25) is 0 Å². The van der Waals surface area contributed by atoms with E-state index in [1.165, 1.54) is 32.1 Å². The fourth-order valence-electron chi connectivity index (χ4n) is 9.91. The third-order valence-electron chi connectivity index (χ3n) is 12.0. The second-order valence-corrected chi connectivity index (χ2v) is 13.1. The van der Waals surface area contributed by atoms with Gasteiger partial charge in [0.25, 0.3) is 0 Å². The average Bonchev–Trinajstić information content (AvgIpc) is 3.38. The van der Waals surface area contributed by atoms with E-state index in [-0.39, 0.29) is 28.9 Å². The minimum atomic E-state index is -0.329. The third-order valence-corrected chi connectivity index (χ3v) is 12.0. The van der Waals surface area contributed by atoms with Gasteiger partial charge < -0.3 is 29.0 Å². The van der Waals surface area contributed by atoms with Crippen LogP contribution >= 0.6 is 0 Å². The Kier molecular flexibility index (Phi) is 6.62. The number of hydrogen-bond acceptors (Lipinski definition) is 6. The predicted octanol–water partition coefficient (Wildman–Crippen LogP) is 5.55. The summed E-state index contributed by atoms with van der Waals surface area (Å²) in [5.41, 5.74) is -0.467. The van der Waals surface area contributed by atoms with Crippen LogP contribution in [0.2, 0.25) is 0 Å². The van der Waals surface area contributed by atoms with Gasteiger partial charge in [0.05, 0.1) is 17.2 Å². The Morgan fingerprint density at radius 2 is 1.89 bits per heavy atom. The molecule has 6 aliphatic rings. The molecule has 36 heavy (non-hydrogen) atoms. The SMILES string of the molecule is CCOCO[C@]12CC[C@]3(COC(=O)N3)[C@@]1(C)CC[C@H]1[C@H]2CC[C@@H]2C[C@@H](OC3CCCCO3)CC[C@@]21C. The van der Waals surface area contributed by atoms with Crippen LogP contribution in [0.15, 0.2) is 0 Å². The normalized spacial score (nSPS) is 50.2. The zero-order valence-corrected chi connectivity index (χ0v) is 22.6. The highest BCUT2D eigenvalue weighted by molar-refractivity contribution is 5.71. The molecule has 7 nitrogen and oxygen atoms in total. The van der Waals surface area contributed by atoms with E-state index in [0.717, 1.165) is 51.6 Å². The largest absolute Gasteiger partial charge is 0.447 e. The van der Waals surface area contributed by atoms with Gasteiger partial charge in [-0.15, -0.1) is 0 Å². The second kappa shape index (κ2) is 9.39. The minimum absolute atomic E-state index is 0.00795. The fourth-order valence-corrected chi connectivity index (χ4v) is 9.91. The van der Waals surface area contributed by atoms with Crippen molar-refractivity contribution >= 4 is 6.09 Å². The lowest BCUT2D eigenvalue weighted by molar-refractivity contribution is -0.268. The monoisotopic (exact) mass is 505 g/mol. The molecule has 1 spiro atoms. The lowest BCUT2D eigenvalue weighted by Gasteiger charge is -2.65. The average molecular weight is 506 g/mol. The second-order valence-electron chi connectivity index (χ2n) is 13.1. The quantitative estimate of drug-likeness (QED) is 0.290. The van der Waals surface area contributed by atoms with Gasteiger partial charge in [0.2, 0.25) is 0 Å². The Bertz CT molecular complexity index is 833. The van der Waals surface area contributed by atoms with Crippen molar-refractivity contribution < 1.29 is 28.5 Å². The van der Waals surface area contributed by atoms with Crippen LogP contribution < -0.4 is 5.32 Å². The number of carbonyl (C=O) groups excluding carboxylic acids is 1. The van der Waals surface area contributed by atoms with E-state index in [4.69, 9.17) is 23.7 Å². The molecule has 6 fully saturated rings. The molecule has 9 atom stereocenters. The summed E-state index contributed by atoms with van der Waals surface area (Å²) < 4.78 is 30.6. The molecule has 0 aromatic carbocycles. The van der Waals surface area contributed by atoms with Crippen molar-refractivity contribution in [3.63, 3.8) is 0 Å². The molecule has 4 saturated carbocycles. The van der Waals surface area contributed by atoms with Gasteiger partial charge in [-0.25, -0.2) is 4.79 Å². The Labute approximate surface area is 216 Å². The number of carbonyl (C=O) groups is 1. The standard InChI is InChI=1S/C29H47NO6/c1-4-32-19-35-29-15-14-28(18-34-25(31)30-28)27(29,3)13-11-22-23(29)9-8-20-17-21(10-12-26(20,22)2)36-24-7-5-6-16-33-24/h20-24H,4-19H2,1-3H3,(H,30,31)/t20-,21+,22+,23-,24?,26+,27-,28+,29+/m1/s1. The Hall–Kier alpha value is -0.890. The van der Waals surface area contributed by atoms with Crippen molar-refractivity contribution in [3.05, 3.63) is 0 Å². The number of nitrogens with one attached hydrogen (secondary N) is 1. The molecule has 2 saturated heterocycles. The summed E-state index contributed by atoms with van der Waals surface area (Å²) in [6.45, 7) is 9.26. The van der Waals surface area contributed by atoms with Crippen LogP contribution in [0.3, 0.4) is 0 Å². The van der Waals surface area contributed by atoms with Gasteiger partial charge in [0.15, 0.2) is 6.29 Å². The van der Waals surface area contributed by atoms with Crippen molar-refractivity contribution in [1.29, 1.82) is 0 Å². The van der Waals surface area contributed by atoms with Crippen molar-refractivity contribution in [2.45, 2.75) is 121 Å². The van der Waals surface area contributed by atoms with Crippen molar-refractivity contribution in [2.75, 3.05) is 26.6 Å². The number of rotatable bonds is 6. The van der Waals surface area contributed by atoms with E-state index in [1.54, 1.807) is 0 Å². The maximum atomic E-state index is 12.3. The van der Waals surface area contributed by atoms with Gasteiger partial charge in [-0.2, -0.15) is 0 Å². The molecule has 4 aliphatic carbocycles. The molecule has 0 aromatic rings. The molecule has 0 bridgehead atoms. The number of fused-ring (bicyclic) bond motifs is 6. The van der Waals surface area contributed by atoms with Gasteiger partial charge in [0.1, 0.15) is 13.4 Å². The third kappa shape index (κ3) is 3.70. The summed E-state index contributed by atoms with van der Waals surface area (Å²) in [6, 6.07) is 0. The molecule has 2 heterocycles. The fraction of sp³-hybridized carbons (Fsp3) is 0.966. The molecular weight excluding hydrogens is 458 g/mol. The molecule has 7 heteroatoms. The maximum Gasteiger partial charge on any atom is 0.407 e. The number of hydrogen-bond donors (Lipinski definition) is 1. The van der Waals surface area contributed by atoms with Gasteiger partial charge in [0, 0.05) is 18.6 Å². The summed E-state index contributed by atoms with van der Waals surface area (Å²) in [6.07, 6.45) is 13.6. The number of amides is 1. The predicted molar refractivity (Wildman–Crippen MR) is 134 cm³/mol. The van der Waals surface area contributed by atoms with E-state index in [2.05, 4.69) is 19.2 Å². The summed E-state index contributed by atoms with van der Waals surface area (Å²) in [5, 5.41) is 3.28. The van der Waals surface area contributed by atoms with Gasteiger partial charge >= 0.3 is 6.09 Å². The first-order chi connectivity index (χ1) is 17.4. The van der Waals surface area contributed by atoms with Crippen LogP contribution in [0.5, 0.6) is 0 Å². The molecule has 1 unspecified atom stereocenters. The summed E-state index contributed by atoms with van der Waals surface area (Å²) in [4.78, 5) is 12.3. The molecule has 1 N–H and O–H groups in total. The Balaban J connectivity index is 1.24. The summed E-state index contributed by atoms with van der Waals surface area (Å²) in [7, 11) is 0. The highest BCUT2D eigenvalue weighted by atomic mass is 16.7. The maximum absolute atomic E-state index is 12.3. The summed E-state index contributed by atoms with van der Waals surface area (Å²) >= 11 is 0. The molecule has 0 aromatic heterocycles. The van der Waals surface area contributed by atoms with Crippen LogP contribution in [0.4, 0.5) is 4.79 Å². The van der Waals surface area contributed by atoms with Gasteiger partial charge in [-0.1, -0.05) is 13.8 Å². The zero-order chi connectivity index (χ0) is 25.0. The highest BCUT2D eigenvalue weighted by Gasteiger charge is 2.74. The Morgan fingerprint density at radius 1 is 1.00 bits per heavy atom. The molecule has 6 rings (SSSR count). The number of alkyl carbamates (subject to hydrolysis) is 1. The van der Waals surface area contributed by atoms with E-state index in [9.17, 15) is 4.79 Å². The first-order valence-electron chi connectivity index (χ1n) is 14.8. The first-order valence-corrected chi connectivity index (χ1v) is 14.8. The molecule has 1 amide bonds. The van der Waals surface area contributed by atoms with Crippen LogP contribution in [-0.2, 0) is 23.7 Å². The molecule has 204 valence electrons. The van der Waals surface area contributed by atoms with E-state index >= 15 is 0 Å². The van der Waals surface area contributed by atoms with E-state index < -0.39 is 0 Å². The molecular formula is C29H47NO6. The molecule has 2 aliphatic heterocycles. The van der Waals surface area contributed by atoms with Crippen LogP contribution in [0, 0.1) is 28.6 Å². The lowest BCUT2D eigenvalue weighted by atomic mass is 9.42. The van der Waals surface area contributed by atoms with Crippen molar-refractivity contribution in [2.24, 2.45) is 28.6 Å². The number of ether oxygens (including phenoxy) is 5. The smallest absolute Gasteiger partial charge is 0.407 e. The van der Waals surface area contributed by atoms with Crippen LogP contribution in [0.25, 0.3) is 0 Å². The summed E-state index contributed by atoms with van der Waals surface area (Å²) in [5.74, 6) is 1.80. The highest BCUT2D eigenvalue weighted by Crippen LogP contribution is 2.71. The number of cyclic esters (lactones) is 1. The van der Waals surface area contributed by atoms with E-state index in [0.29, 0.717) is 49.3 Å². The van der Waals surface area contributed by atoms with Gasteiger partial charge in [-0.05, 0) is 107 Å². The Morgan fingerprint density at radius 3 is 2.64 bits per heavy atom. The minimum Gasteiger partial charge on any atom is -0.447 e. The molecule has 0 radical (unpaired) electrons. The van der Waals surface area contributed by atoms with E-state index in [1.807, 2.05) is 6.92 Å². The van der Waals surface area contributed by atoms with Crippen LogP contribution in [0.1, 0.15) is 97.8 Å². The van der Waals surface area contributed by atoms with Crippen molar-refractivity contribution in [3.8, 4) is 0 Å². The topological polar surface area (TPSA) is 75.3 Å². The zero-order valence-electron chi connectivity index (χ0n) is 22.6. The van der Waals surface area contributed by atoms with Crippen molar-refractivity contribution in [1.82, 2.24) is 5.32 Å². The first kappa shape index (κ1) is 25.4.